The van der Waals surface area contributed by atoms with Crippen LogP contribution in [-0.4, -0.2) is 18.9 Å². The molecule has 0 aromatic heterocycles. The highest BCUT2D eigenvalue weighted by molar-refractivity contribution is 5.77. The van der Waals surface area contributed by atoms with E-state index in [1.54, 1.807) is 7.11 Å². The standard InChI is InChI=1S/C24H30O4/c1-16-14-19(10-12-21(16)27-6)24(4,5)20-11-13-22(17(2)15-20)28-23(26)9-7-8-18(3)25/h10-15H,7-9H2,1-6H3. The van der Waals surface area contributed by atoms with Gasteiger partial charge in [0.15, 0.2) is 0 Å². The first-order valence-corrected chi connectivity index (χ1v) is 9.61. The summed E-state index contributed by atoms with van der Waals surface area (Å²) in [5, 5.41) is 0. The highest BCUT2D eigenvalue weighted by Gasteiger charge is 2.24. The zero-order valence-electron chi connectivity index (χ0n) is 17.7. The van der Waals surface area contributed by atoms with Crippen molar-refractivity contribution in [3.8, 4) is 11.5 Å². The van der Waals surface area contributed by atoms with Gasteiger partial charge >= 0.3 is 5.97 Å². The second-order valence-corrected chi connectivity index (χ2v) is 7.82. The minimum absolute atomic E-state index is 0.0873. The van der Waals surface area contributed by atoms with Gasteiger partial charge in [-0.1, -0.05) is 38.1 Å². The predicted molar refractivity (Wildman–Crippen MR) is 111 cm³/mol. The van der Waals surface area contributed by atoms with E-state index in [1.165, 1.54) is 12.5 Å². The summed E-state index contributed by atoms with van der Waals surface area (Å²) in [4.78, 5) is 23.0. The maximum Gasteiger partial charge on any atom is 0.311 e. The van der Waals surface area contributed by atoms with Gasteiger partial charge < -0.3 is 14.3 Å². The van der Waals surface area contributed by atoms with Gasteiger partial charge in [0, 0.05) is 18.3 Å². The molecule has 0 heterocycles. The molecule has 0 aliphatic carbocycles. The van der Waals surface area contributed by atoms with Crippen molar-refractivity contribution in [3.05, 3.63) is 58.7 Å². The first-order chi connectivity index (χ1) is 13.1. The number of ketones is 1. The van der Waals surface area contributed by atoms with Gasteiger partial charge in [-0.25, -0.2) is 0 Å². The van der Waals surface area contributed by atoms with Crippen LogP contribution in [0.5, 0.6) is 11.5 Å². The maximum absolute atomic E-state index is 12.0. The van der Waals surface area contributed by atoms with Gasteiger partial charge in [-0.2, -0.15) is 0 Å². The molecule has 0 radical (unpaired) electrons. The highest BCUT2D eigenvalue weighted by atomic mass is 16.5. The Morgan fingerprint density at radius 1 is 0.893 bits per heavy atom. The summed E-state index contributed by atoms with van der Waals surface area (Å²) in [6, 6.07) is 12.2. The van der Waals surface area contributed by atoms with Gasteiger partial charge in [-0.05, 0) is 61.6 Å². The third-order valence-electron chi connectivity index (χ3n) is 5.15. The second-order valence-electron chi connectivity index (χ2n) is 7.82. The van der Waals surface area contributed by atoms with Crippen molar-refractivity contribution >= 4 is 11.8 Å². The normalized spacial score (nSPS) is 11.2. The Bertz CT molecular complexity index is 865. The number of rotatable bonds is 8. The average Bonchev–Trinajstić information content (AvgIpc) is 2.62. The third-order valence-corrected chi connectivity index (χ3v) is 5.15. The smallest absolute Gasteiger partial charge is 0.311 e. The minimum atomic E-state index is -0.304. The van der Waals surface area contributed by atoms with Crippen LogP contribution in [0.3, 0.4) is 0 Å². The number of benzene rings is 2. The van der Waals surface area contributed by atoms with E-state index in [9.17, 15) is 9.59 Å². The first kappa shape index (κ1) is 21.7. The van der Waals surface area contributed by atoms with Crippen molar-refractivity contribution in [1.29, 1.82) is 0 Å². The monoisotopic (exact) mass is 382 g/mol. The lowest BCUT2D eigenvalue weighted by atomic mass is 9.77. The molecular weight excluding hydrogens is 352 g/mol. The average molecular weight is 383 g/mol. The molecule has 150 valence electrons. The van der Waals surface area contributed by atoms with E-state index < -0.39 is 0 Å². The van der Waals surface area contributed by atoms with E-state index in [-0.39, 0.29) is 23.6 Å². The maximum atomic E-state index is 12.0. The van der Waals surface area contributed by atoms with Crippen LogP contribution in [-0.2, 0) is 15.0 Å². The SMILES string of the molecule is COc1ccc(C(C)(C)c2ccc(OC(=O)CCCC(C)=O)c(C)c2)cc1C. The van der Waals surface area contributed by atoms with Gasteiger partial charge in [0.25, 0.3) is 0 Å². The van der Waals surface area contributed by atoms with Crippen molar-refractivity contribution in [1.82, 2.24) is 0 Å². The number of esters is 1. The van der Waals surface area contributed by atoms with E-state index in [1.807, 2.05) is 32.0 Å². The number of hydrogen-bond donors (Lipinski definition) is 0. The summed E-state index contributed by atoms with van der Waals surface area (Å²) >= 11 is 0. The minimum Gasteiger partial charge on any atom is -0.496 e. The fraction of sp³-hybridized carbons (Fsp3) is 0.417. The van der Waals surface area contributed by atoms with E-state index in [2.05, 4.69) is 32.0 Å². The molecule has 0 aliphatic heterocycles. The van der Waals surface area contributed by atoms with Gasteiger partial charge in [0.2, 0.25) is 0 Å². The Balaban J connectivity index is 2.17. The molecule has 0 atom stereocenters. The fourth-order valence-electron chi connectivity index (χ4n) is 3.24. The molecular formula is C24H30O4. The molecule has 2 aromatic rings. The van der Waals surface area contributed by atoms with E-state index >= 15 is 0 Å². The predicted octanol–water partition coefficient (Wildman–Crippen LogP) is 5.30. The van der Waals surface area contributed by atoms with Crippen molar-refractivity contribution < 1.29 is 19.1 Å². The van der Waals surface area contributed by atoms with Crippen molar-refractivity contribution in [2.45, 2.75) is 59.3 Å². The molecule has 0 N–H and O–H groups in total. The van der Waals surface area contributed by atoms with E-state index in [0.29, 0.717) is 18.6 Å². The quantitative estimate of drug-likeness (QED) is 0.459. The Hall–Kier alpha value is -2.62. The molecule has 0 saturated heterocycles. The lowest BCUT2D eigenvalue weighted by Gasteiger charge is -2.27. The molecule has 0 fully saturated rings. The van der Waals surface area contributed by atoms with Crippen molar-refractivity contribution in [2.24, 2.45) is 0 Å². The zero-order chi connectivity index (χ0) is 20.9. The number of ether oxygens (including phenoxy) is 2. The highest BCUT2D eigenvalue weighted by Crippen LogP contribution is 2.35. The summed E-state index contributed by atoms with van der Waals surface area (Å²) in [5.74, 6) is 1.23. The van der Waals surface area contributed by atoms with Gasteiger partial charge in [0.1, 0.15) is 17.3 Å². The van der Waals surface area contributed by atoms with Crippen LogP contribution in [0, 0.1) is 13.8 Å². The van der Waals surface area contributed by atoms with Crippen LogP contribution in [0.1, 0.15) is 62.3 Å². The summed E-state index contributed by atoms with van der Waals surface area (Å²) in [6.07, 6.45) is 1.18. The van der Waals surface area contributed by atoms with Gasteiger partial charge in [0.05, 0.1) is 7.11 Å². The summed E-state index contributed by atoms with van der Waals surface area (Å²) in [6.45, 7) is 9.86. The second kappa shape index (κ2) is 9.05. The molecule has 0 aliphatic rings. The van der Waals surface area contributed by atoms with Crippen LogP contribution in [0.15, 0.2) is 36.4 Å². The lowest BCUT2D eigenvalue weighted by molar-refractivity contribution is -0.134. The number of methoxy groups -OCH3 is 1. The molecule has 0 amide bonds. The fourth-order valence-corrected chi connectivity index (χ4v) is 3.24. The lowest BCUT2D eigenvalue weighted by Crippen LogP contribution is -2.19. The first-order valence-electron chi connectivity index (χ1n) is 9.61. The van der Waals surface area contributed by atoms with Crippen molar-refractivity contribution in [2.75, 3.05) is 7.11 Å². The van der Waals surface area contributed by atoms with Crippen LogP contribution in [0.2, 0.25) is 0 Å². The molecule has 2 rings (SSSR count). The topological polar surface area (TPSA) is 52.6 Å². The number of Topliss-reactive ketones (excluding diaryl/α,β-unsaturated/α-hetero) is 1. The molecule has 4 heteroatoms. The van der Waals surface area contributed by atoms with Gasteiger partial charge in [-0.15, -0.1) is 0 Å². The summed E-state index contributed by atoms with van der Waals surface area (Å²) in [7, 11) is 1.68. The Kier molecular flexibility index (Phi) is 7.00. The molecule has 0 bridgehead atoms. The van der Waals surface area contributed by atoms with Gasteiger partial charge in [-0.3, -0.25) is 4.79 Å². The summed E-state index contributed by atoms with van der Waals surface area (Å²) in [5.41, 5.74) is 4.15. The van der Waals surface area contributed by atoms with E-state index in [4.69, 9.17) is 9.47 Å². The molecule has 4 nitrogen and oxygen atoms in total. The molecule has 0 saturated carbocycles. The largest absolute Gasteiger partial charge is 0.496 e. The molecule has 0 spiro atoms. The Morgan fingerprint density at radius 2 is 1.43 bits per heavy atom. The number of aryl methyl sites for hydroxylation is 2. The van der Waals surface area contributed by atoms with Crippen molar-refractivity contribution in [3.63, 3.8) is 0 Å². The van der Waals surface area contributed by atoms with E-state index in [0.717, 1.165) is 22.4 Å². The van der Waals surface area contributed by atoms with Crippen LogP contribution < -0.4 is 9.47 Å². The van der Waals surface area contributed by atoms with Crippen LogP contribution in [0.25, 0.3) is 0 Å². The molecule has 2 aromatic carbocycles. The Labute approximate surface area is 167 Å². The Morgan fingerprint density at radius 3 is 1.89 bits per heavy atom. The third kappa shape index (κ3) is 5.22. The van der Waals surface area contributed by atoms with Crippen LogP contribution >= 0.6 is 0 Å². The molecule has 28 heavy (non-hydrogen) atoms. The molecule has 0 unspecified atom stereocenters. The number of carbonyl (C=O) groups is 2. The number of carbonyl (C=O) groups excluding carboxylic acids is 2. The number of hydrogen-bond acceptors (Lipinski definition) is 4. The van der Waals surface area contributed by atoms with Crippen LogP contribution in [0.4, 0.5) is 0 Å². The summed E-state index contributed by atoms with van der Waals surface area (Å²) < 4.78 is 10.8. The zero-order valence-corrected chi connectivity index (χ0v) is 17.7.